The average Bonchev–Trinajstić information content (AvgIpc) is 2.84. The number of hydrazone groups is 1. The number of amides is 1. The molecule has 0 saturated carbocycles. The highest BCUT2D eigenvalue weighted by molar-refractivity contribution is 5.95. The number of hydrogen-bond donors (Lipinski definition) is 1. The number of carbonyl (C=O) groups excluding carboxylic acids is 2. The van der Waals surface area contributed by atoms with E-state index in [4.69, 9.17) is 14.2 Å². The van der Waals surface area contributed by atoms with E-state index in [-0.39, 0.29) is 17.0 Å². The van der Waals surface area contributed by atoms with Gasteiger partial charge in [-0.05, 0) is 60.2 Å². The largest absolute Gasteiger partial charge is 0.486 e. The Morgan fingerprint density at radius 1 is 0.939 bits per heavy atom. The monoisotopic (exact) mass is 447 g/mol. The van der Waals surface area contributed by atoms with Gasteiger partial charge in [-0.25, -0.2) is 10.2 Å². The number of hydrogen-bond acceptors (Lipinski definition) is 8. The van der Waals surface area contributed by atoms with E-state index in [0.29, 0.717) is 35.8 Å². The Kier molecular flexibility index (Phi) is 6.26. The van der Waals surface area contributed by atoms with Gasteiger partial charge in [0.15, 0.2) is 11.5 Å². The fourth-order valence-electron chi connectivity index (χ4n) is 2.92. The minimum absolute atomic E-state index is 0.115. The van der Waals surface area contributed by atoms with Crippen molar-refractivity contribution in [1.29, 1.82) is 0 Å². The lowest BCUT2D eigenvalue weighted by molar-refractivity contribution is -0.384. The molecular formula is C23H17N3O7. The van der Waals surface area contributed by atoms with Gasteiger partial charge in [0.2, 0.25) is 0 Å². The summed E-state index contributed by atoms with van der Waals surface area (Å²) in [6.45, 7) is 0.896. The Bertz CT molecular complexity index is 1220. The molecule has 10 nitrogen and oxygen atoms in total. The molecule has 4 rings (SSSR count). The molecule has 0 radical (unpaired) electrons. The predicted molar refractivity (Wildman–Crippen MR) is 117 cm³/mol. The molecule has 1 aliphatic heterocycles. The summed E-state index contributed by atoms with van der Waals surface area (Å²) in [5, 5.41) is 14.6. The number of esters is 1. The van der Waals surface area contributed by atoms with Crippen molar-refractivity contribution < 1.29 is 28.7 Å². The quantitative estimate of drug-likeness (QED) is 0.202. The number of carbonyl (C=O) groups is 2. The van der Waals surface area contributed by atoms with Gasteiger partial charge < -0.3 is 14.2 Å². The van der Waals surface area contributed by atoms with E-state index >= 15 is 0 Å². The SMILES string of the molecule is O=C(NN=Cc1ccc(OC(=O)c2ccc([N+](=O)[O-])cc2)cc1)c1ccc2c(c1)OCCO2. The maximum atomic E-state index is 12.3. The summed E-state index contributed by atoms with van der Waals surface area (Å²) in [6.07, 6.45) is 1.44. The molecule has 0 aliphatic carbocycles. The fraction of sp³-hybridized carbons (Fsp3) is 0.0870. The van der Waals surface area contributed by atoms with E-state index in [1.807, 2.05) is 0 Å². The summed E-state index contributed by atoms with van der Waals surface area (Å²) >= 11 is 0. The summed E-state index contributed by atoms with van der Waals surface area (Å²) in [5.41, 5.74) is 3.55. The molecule has 0 fully saturated rings. The van der Waals surface area contributed by atoms with Gasteiger partial charge >= 0.3 is 5.97 Å². The first-order chi connectivity index (χ1) is 16.0. The van der Waals surface area contributed by atoms with Crippen LogP contribution in [-0.2, 0) is 0 Å². The number of rotatable bonds is 6. The molecule has 3 aromatic rings. The van der Waals surface area contributed by atoms with Crippen molar-refractivity contribution in [3.63, 3.8) is 0 Å². The molecule has 10 heteroatoms. The molecule has 3 aromatic carbocycles. The number of nitrogens with zero attached hydrogens (tertiary/aromatic N) is 2. The van der Waals surface area contributed by atoms with Crippen molar-refractivity contribution in [2.75, 3.05) is 13.2 Å². The molecule has 1 aliphatic rings. The zero-order chi connectivity index (χ0) is 23.2. The van der Waals surface area contributed by atoms with Crippen molar-refractivity contribution in [3.05, 3.63) is 93.5 Å². The van der Waals surface area contributed by atoms with Crippen molar-refractivity contribution >= 4 is 23.8 Å². The van der Waals surface area contributed by atoms with Gasteiger partial charge in [0.05, 0.1) is 16.7 Å². The number of nitro groups is 1. The van der Waals surface area contributed by atoms with E-state index in [1.54, 1.807) is 42.5 Å². The lowest BCUT2D eigenvalue weighted by Gasteiger charge is -2.18. The number of nitro benzene ring substituents is 1. The second-order valence-electron chi connectivity index (χ2n) is 6.82. The molecular weight excluding hydrogens is 430 g/mol. The molecule has 0 aromatic heterocycles. The van der Waals surface area contributed by atoms with Gasteiger partial charge in [-0.2, -0.15) is 5.10 Å². The normalized spacial score (nSPS) is 12.2. The van der Waals surface area contributed by atoms with Crippen LogP contribution in [0, 0.1) is 10.1 Å². The highest BCUT2D eigenvalue weighted by Crippen LogP contribution is 2.30. The predicted octanol–water partition coefficient (Wildman–Crippen LogP) is 3.35. The standard InChI is InChI=1S/C23H17N3O7/c27-22(17-5-10-20-21(13-17)32-12-11-31-20)25-24-14-15-1-8-19(9-2-15)33-23(28)16-3-6-18(7-4-16)26(29)30/h1-10,13-14H,11-12H2,(H,25,27). The summed E-state index contributed by atoms with van der Waals surface area (Å²) in [6, 6.07) is 16.4. The molecule has 166 valence electrons. The van der Waals surface area contributed by atoms with Crippen molar-refractivity contribution in [2.24, 2.45) is 5.10 Å². The van der Waals surface area contributed by atoms with E-state index in [0.717, 1.165) is 0 Å². The van der Waals surface area contributed by atoms with Crippen LogP contribution in [0.25, 0.3) is 0 Å². The zero-order valence-electron chi connectivity index (χ0n) is 17.1. The van der Waals surface area contributed by atoms with E-state index < -0.39 is 16.8 Å². The molecule has 0 spiro atoms. The van der Waals surface area contributed by atoms with Crippen molar-refractivity contribution in [2.45, 2.75) is 0 Å². The Morgan fingerprint density at radius 2 is 1.61 bits per heavy atom. The first kappa shape index (κ1) is 21.5. The first-order valence-electron chi connectivity index (χ1n) is 9.79. The van der Waals surface area contributed by atoms with Crippen LogP contribution in [0.4, 0.5) is 5.69 Å². The number of benzene rings is 3. The van der Waals surface area contributed by atoms with Gasteiger partial charge in [0, 0.05) is 17.7 Å². The van der Waals surface area contributed by atoms with Crippen LogP contribution in [0.1, 0.15) is 26.3 Å². The third-order valence-electron chi connectivity index (χ3n) is 4.59. The molecule has 0 bridgehead atoms. The molecule has 0 atom stereocenters. The van der Waals surface area contributed by atoms with Crippen LogP contribution in [-0.4, -0.2) is 36.2 Å². The Morgan fingerprint density at radius 3 is 2.30 bits per heavy atom. The van der Waals surface area contributed by atoms with Crippen LogP contribution in [0.15, 0.2) is 71.8 Å². The fourth-order valence-corrected chi connectivity index (χ4v) is 2.92. The topological polar surface area (TPSA) is 129 Å². The van der Waals surface area contributed by atoms with Crippen LogP contribution in [0.2, 0.25) is 0 Å². The van der Waals surface area contributed by atoms with Crippen LogP contribution in [0.5, 0.6) is 17.2 Å². The minimum Gasteiger partial charge on any atom is -0.486 e. The second kappa shape index (κ2) is 9.60. The zero-order valence-corrected chi connectivity index (χ0v) is 17.1. The van der Waals surface area contributed by atoms with Crippen molar-refractivity contribution in [1.82, 2.24) is 5.43 Å². The number of ether oxygens (including phenoxy) is 3. The van der Waals surface area contributed by atoms with Gasteiger partial charge in [0.25, 0.3) is 11.6 Å². The maximum absolute atomic E-state index is 12.3. The lowest BCUT2D eigenvalue weighted by atomic mass is 10.2. The summed E-state index contributed by atoms with van der Waals surface area (Å²) in [4.78, 5) is 34.6. The Labute approximate surface area is 187 Å². The summed E-state index contributed by atoms with van der Waals surface area (Å²) in [7, 11) is 0. The van der Waals surface area contributed by atoms with Gasteiger partial charge in [0.1, 0.15) is 19.0 Å². The van der Waals surface area contributed by atoms with Crippen LogP contribution >= 0.6 is 0 Å². The van der Waals surface area contributed by atoms with E-state index in [9.17, 15) is 19.7 Å². The third-order valence-corrected chi connectivity index (χ3v) is 4.59. The van der Waals surface area contributed by atoms with Gasteiger partial charge in [-0.15, -0.1) is 0 Å². The maximum Gasteiger partial charge on any atom is 0.343 e. The summed E-state index contributed by atoms with van der Waals surface area (Å²) in [5.74, 6) is 0.345. The highest BCUT2D eigenvalue weighted by atomic mass is 16.6. The molecule has 1 N–H and O–H groups in total. The number of nitrogens with one attached hydrogen (secondary N) is 1. The van der Waals surface area contributed by atoms with Crippen LogP contribution in [0.3, 0.4) is 0 Å². The Hall–Kier alpha value is -4.73. The molecule has 0 saturated heterocycles. The molecule has 1 heterocycles. The summed E-state index contributed by atoms with van der Waals surface area (Å²) < 4.78 is 16.1. The average molecular weight is 447 g/mol. The van der Waals surface area contributed by atoms with E-state index in [2.05, 4.69) is 10.5 Å². The molecule has 0 unspecified atom stereocenters. The van der Waals surface area contributed by atoms with Crippen LogP contribution < -0.4 is 19.6 Å². The lowest BCUT2D eigenvalue weighted by Crippen LogP contribution is -2.19. The van der Waals surface area contributed by atoms with Crippen molar-refractivity contribution in [3.8, 4) is 17.2 Å². The minimum atomic E-state index is -0.641. The number of non-ortho nitro benzene ring substituents is 1. The van der Waals surface area contributed by atoms with Gasteiger partial charge in [-0.3, -0.25) is 14.9 Å². The Balaban J connectivity index is 1.32. The van der Waals surface area contributed by atoms with Gasteiger partial charge in [-0.1, -0.05) is 0 Å². The second-order valence-corrected chi connectivity index (χ2v) is 6.82. The first-order valence-corrected chi connectivity index (χ1v) is 9.79. The molecule has 1 amide bonds. The molecule has 33 heavy (non-hydrogen) atoms. The van der Waals surface area contributed by atoms with E-state index in [1.165, 1.54) is 30.5 Å². The highest BCUT2D eigenvalue weighted by Gasteiger charge is 2.15. The smallest absolute Gasteiger partial charge is 0.343 e. The third kappa shape index (κ3) is 5.31. The number of fused-ring (bicyclic) bond motifs is 1.